The van der Waals surface area contributed by atoms with Crippen molar-refractivity contribution in [2.24, 2.45) is 0 Å². The predicted molar refractivity (Wildman–Crippen MR) is 109 cm³/mol. The fourth-order valence-corrected chi connectivity index (χ4v) is 4.64. The second-order valence-corrected chi connectivity index (χ2v) is 8.63. The predicted octanol–water partition coefficient (Wildman–Crippen LogP) is 4.90. The highest BCUT2D eigenvalue weighted by Crippen LogP contribution is 2.31. The Bertz CT molecular complexity index is 939. The van der Waals surface area contributed by atoms with E-state index in [2.05, 4.69) is 4.98 Å². The molecule has 2 atom stereocenters. The summed E-state index contributed by atoms with van der Waals surface area (Å²) >= 11 is 2.98. The van der Waals surface area contributed by atoms with Crippen LogP contribution in [-0.4, -0.2) is 33.0 Å². The zero-order valence-electron chi connectivity index (χ0n) is 15.2. The Morgan fingerprint density at radius 1 is 1.19 bits per heavy atom. The highest BCUT2D eigenvalue weighted by atomic mass is 32.2. The molecule has 1 heterocycles. The van der Waals surface area contributed by atoms with Crippen molar-refractivity contribution in [3.63, 3.8) is 0 Å². The van der Waals surface area contributed by atoms with Crippen LogP contribution in [0.5, 0.6) is 0 Å². The van der Waals surface area contributed by atoms with Gasteiger partial charge in [-0.05, 0) is 38.1 Å². The maximum atomic E-state index is 12.8. The van der Waals surface area contributed by atoms with Gasteiger partial charge in [-0.2, -0.15) is 0 Å². The zero-order valence-corrected chi connectivity index (χ0v) is 16.8. The maximum Gasteiger partial charge on any atom is 0.269 e. The number of hydrogen-bond acceptors (Lipinski definition) is 6. The molecule has 0 aliphatic rings. The van der Waals surface area contributed by atoms with E-state index >= 15 is 0 Å². The lowest BCUT2D eigenvalue weighted by Gasteiger charge is -2.26. The van der Waals surface area contributed by atoms with Crippen molar-refractivity contribution < 1.29 is 9.72 Å². The van der Waals surface area contributed by atoms with Crippen molar-refractivity contribution in [1.29, 1.82) is 0 Å². The smallest absolute Gasteiger partial charge is 0.269 e. The molecule has 0 aliphatic carbocycles. The van der Waals surface area contributed by atoms with Crippen LogP contribution < -0.4 is 0 Å². The summed E-state index contributed by atoms with van der Waals surface area (Å²) in [5, 5.41) is 11.3. The second kappa shape index (κ2) is 8.06. The van der Waals surface area contributed by atoms with Crippen LogP contribution in [0.15, 0.2) is 53.4 Å². The summed E-state index contributed by atoms with van der Waals surface area (Å²) in [6.07, 6.45) is 0. The molecule has 0 aliphatic heterocycles. The number of benzene rings is 2. The van der Waals surface area contributed by atoms with E-state index in [1.165, 1.54) is 23.9 Å². The van der Waals surface area contributed by atoms with E-state index < -0.39 is 4.92 Å². The van der Waals surface area contributed by atoms with Gasteiger partial charge in [0, 0.05) is 24.1 Å². The Balaban J connectivity index is 1.68. The van der Waals surface area contributed by atoms with Gasteiger partial charge in [-0.15, -0.1) is 23.1 Å². The summed E-state index contributed by atoms with van der Waals surface area (Å²) in [5.41, 5.74) is 0.985. The molecule has 1 amide bonds. The van der Waals surface area contributed by atoms with E-state index in [0.29, 0.717) is 0 Å². The molecular weight excluding hydrogens is 382 g/mol. The first-order valence-corrected chi connectivity index (χ1v) is 10.1. The van der Waals surface area contributed by atoms with Gasteiger partial charge in [0.05, 0.1) is 26.4 Å². The van der Waals surface area contributed by atoms with Crippen LogP contribution in [0.2, 0.25) is 0 Å². The van der Waals surface area contributed by atoms with E-state index in [9.17, 15) is 14.9 Å². The number of non-ortho nitro benzene ring substituents is 1. The van der Waals surface area contributed by atoms with E-state index in [4.69, 9.17) is 0 Å². The van der Waals surface area contributed by atoms with Crippen LogP contribution in [0.25, 0.3) is 10.2 Å². The number of nitro benzene ring substituents is 1. The van der Waals surface area contributed by atoms with Crippen molar-refractivity contribution in [2.45, 2.75) is 30.0 Å². The summed E-state index contributed by atoms with van der Waals surface area (Å²) in [5.74, 6) is -0.00916. The van der Waals surface area contributed by atoms with E-state index in [1.807, 2.05) is 38.1 Å². The maximum absolute atomic E-state index is 12.8. The molecule has 0 saturated heterocycles. The van der Waals surface area contributed by atoms with Crippen molar-refractivity contribution in [3.8, 4) is 0 Å². The van der Waals surface area contributed by atoms with Crippen molar-refractivity contribution >= 4 is 44.9 Å². The molecule has 3 rings (SSSR count). The van der Waals surface area contributed by atoms with Crippen LogP contribution in [0.1, 0.15) is 24.9 Å². The Kier molecular flexibility index (Phi) is 5.76. The molecule has 0 spiro atoms. The third-order valence-electron chi connectivity index (χ3n) is 4.30. The van der Waals surface area contributed by atoms with Gasteiger partial charge in [0.25, 0.3) is 5.69 Å². The number of thioether (sulfide) groups is 1. The van der Waals surface area contributed by atoms with Crippen molar-refractivity contribution in [3.05, 3.63) is 63.7 Å². The number of nitrogens with zero attached hydrogens (tertiary/aromatic N) is 3. The highest BCUT2D eigenvalue weighted by Gasteiger charge is 2.25. The topological polar surface area (TPSA) is 76.3 Å². The average molecular weight is 402 g/mol. The molecule has 0 N–H and O–H groups in total. The summed E-state index contributed by atoms with van der Waals surface area (Å²) in [7, 11) is 1.78. The van der Waals surface area contributed by atoms with Gasteiger partial charge in [-0.1, -0.05) is 12.1 Å². The summed E-state index contributed by atoms with van der Waals surface area (Å²) in [6, 6.07) is 14.0. The van der Waals surface area contributed by atoms with Crippen LogP contribution in [0.4, 0.5) is 5.69 Å². The minimum Gasteiger partial charge on any atom is -0.336 e. The minimum absolute atomic E-state index is 0.00916. The standard InChI is InChI=1S/C19H19N3O3S2/c1-12(18-20-16-6-4-5-7-17(16)27-18)21(3)19(23)13(2)26-15-10-8-14(9-11-15)22(24)25/h4-13H,1-3H3/t12-,13-/m0/s1. The molecule has 1 aromatic heterocycles. The van der Waals surface area contributed by atoms with E-state index in [-0.39, 0.29) is 22.9 Å². The molecular formula is C19H19N3O3S2. The van der Waals surface area contributed by atoms with Crippen molar-refractivity contribution in [2.75, 3.05) is 7.05 Å². The first-order valence-electron chi connectivity index (χ1n) is 8.40. The van der Waals surface area contributed by atoms with Crippen molar-refractivity contribution in [1.82, 2.24) is 9.88 Å². The number of carbonyl (C=O) groups is 1. The van der Waals surface area contributed by atoms with Crippen LogP contribution in [0, 0.1) is 10.1 Å². The third kappa shape index (κ3) is 4.28. The summed E-state index contributed by atoms with van der Waals surface area (Å²) < 4.78 is 1.11. The molecule has 0 saturated carbocycles. The minimum atomic E-state index is -0.434. The van der Waals surface area contributed by atoms with E-state index in [0.717, 1.165) is 20.1 Å². The Morgan fingerprint density at radius 3 is 2.48 bits per heavy atom. The molecule has 2 aromatic carbocycles. The first-order chi connectivity index (χ1) is 12.9. The highest BCUT2D eigenvalue weighted by molar-refractivity contribution is 8.00. The number of rotatable bonds is 6. The quantitative estimate of drug-likeness (QED) is 0.333. The Morgan fingerprint density at radius 2 is 1.85 bits per heavy atom. The van der Waals surface area contributed by atoms with Crippen LogP contribution in [-0.2, 0) is 4.79 Å². The molecule has 3 aromatic rings. The molecule has 8 heteroatoms. The monoisotopic (exact) mass is 401 g/mol. The molecule has 0 unspecified atom stereocenters. The van der Waals surface area contributed by atoms with Gasteiger partial charge in [0.1, 0.15) is 5.01 Å². The SMILES string of the molecule is C[C@H](Sc1ccc([N+](=O)[O-])cc1)C(=O)N(C)[C@@H](C)c1nc2ccccc2s1. The van der Waals surface area contributed by atoms with Gasteiger partial charge in [-0.3, -0.25) is 14.9 Å². The fraction of sp³-hybridized carbons (Fsp3) is 0.263. The van der Waals surface area contributed by atoms with Gasteiger partial charge in [0.2, 0.25) is 5.91 Å². The zero-order chi connectivity index (χ0) is 19.6. The summed E-state index contributed by atoms with van der Waals surface area (Å²) in [4.78, 5) is 30.3. The second-order valence-electron chi connectivity index (χ2n) is 6.16. The lowest BCUT2D eigenvalue weighted by Crippen LogP contribution is -2.35. The molecule has 0 bridgehead atoms. The lowest BCUT2D eigenvalue weighted by atomic mass is 10.3. The molecule has 140 valence electrons. The van der Waals surface area contributed by atoms with E-state index in [1.54, 1.807) is 35.4 Å². The number of thiazole rings is 1. The normalized spacial score (nSPS) is 13.3. The van der Waals surface area contributed by atoms with Gasteiger partial charge in [-0.25, -0.2) is 4.98 Å². The number of amides is 1. The number of nitro groups is 1. The van der Waals surface area contributed by atoms with Crippen LogP contribution >= 0.6 is 23.1 Å². The third-order valence-corrected chi connectivity index (χ3v) is 6.61. The number of aromatic nitrogens is 1. The van der Waals surface area contributed by atoms with Gasteiger partial charge < -0.3 is 4.90 Å². The number of fused-ring (bicyclic) bond motifs is 1. The molecule has 0 radical (unpaired) electrons. The Hall–Kier alpha value is -2.45. The molecule has 6 nitrogen and oxygen atoms in total. The average Bonchev–Trinajstić information content (AvgIpc) is 3.10. The largest absolute Gasteiger partial charge is 0.336 e. The molecule has 0 fully saturated rings. The first kappa shape index (κ1) is 19.3. The number of carbonyl (C=O) groups excluding carboxylic acids is 1. The summed E-state index contributed by atoms with van der Waals surface area (Å²) in [6.45, 7) is 3.81. The number of para-hydroxylation sites is 1. The van der Waals surface area contributed by atoms with Crippen LogP contribution in [0.3, 0.4) is 0 Å². The lowest BCUT2D eigenvalue weighted by molar-refractivity contribution is -0.384. The number of hydrogen-bond donors (Lipinski definition) is 0. The fourth-order valence-electron chi connectivity index (χ4n) is 2.61. The van der Waals surface area contributed by atoms with Gasteiger partial charge in [0.15, 0.2) is 0 Å². The van der Waals surface area contributed by atoms with Gasteiger partial charge >= 0.3 is 0 Å². The molecule has 27 heavy (non-hydrogen) atoms. The Labute approximate surface area is 165 Å².